The molecule has 0 saturated carbocycles. The highest BCUT2D eigenvalue weighted by atomic mass is 16.5. The Labute approximate surface area is 106 Å². The molecule has 0 unspecified atom stereocenters. The van der Waals surface area contributed by atoms with E-state index in [2.05, 4.69) is 0 Å². The van der Waals surface area contributed by atoms with E-state index in [1.165, 1.54) is 0 Å². The standard InChI is InChI=1S/C15H14O3/c1-10-13(7-4-8-14(10)15(16)17)11-5-3-6-12(9-11)18-2/h3-9H,1-2H3,(H,16,17). The minimum Gasteiger partial charge on any atom is -0.497 e. The number of carbonyl (C=O) groups is 1. The van der Waals surface area contributed by atoms with Gasteiger partial charge in [0.05, 0.1) is 12.7 Å². The van der Waals surface area contributed by atoms with Gasteiger partial charge in [-0.1, -0.05) is 24.3 Å². The number of carboxylic acids is 1. The van der Waals surface area contributed by atoms with Gasteiger partial charge < -0.3 is 9.84 Å². The van der Waals surface area contributed by atoms with E-state index in [9.17, 15) is 4.79 Å². The quantitative estimate of drug-likeness (QED) is 0.897. The molecule has 3 heteroatoms. The summed E-state index contributed by atoms with van der Waals surface area (Å²) in [6, 6.07) is 12.9. The number of methoxy groups -OCH3 is 1. The van der Waals surface area contributed by atoms with Crippen molar-refractivity contribution in [1.82, 2.24) is 0 Å². The Morgan fingerprint density at radius 3 is 2.56 bits per heavy atom. The number of hydrogen-bond acceptors (Lipinski definition) is 2. The Balaban J connectivity index is 2.57. The molecule has 3 nitrogen and oxygen atoms in total. The number of ether oxygens (including phenoxy) is 1. The molecular weight excluding hydrogens is 228 g/mol. The van der Waals surface area contributed by atoms with Crippen molar-refractivity contribution in [1.29, 1.82) is 0 Å². The number of carboxylic acid groups (broad SMARTS) is 1. The van der Waals surface area contributed by atoms with Gasteiger partial charge in [-0.3, -0.25) is 0 Å². The number of rotatable bonds is 3. The molecule has 0 aliphatic rings. The minimum atomic E-state index is -0.905. The molecule has 2 aromatic rings. The summed E-state index contributed by atoms with van der Waals surface area (Å²) in [7, 11) is 1.61. The fourth-order valence-electron chi connectivity index (χ4n) is 1.97. The maximum absolute atomic E-state index is 11.1. The molecule has 0 saturated heterocycles. The van der Waals surface area contributed by atoms with Crippen LogP contribution in [0.15, 0.2) is 42.5 Å². The van der Waals surface area contributed by atoms with Crippen LogP contribution >= 0.6 is 0 Å². The maximum Gasteiger partial charge on any atom is 0.335 e. The zero-order chi connectivity index (χ0) is 13.1. The van der Waals surface area contributed by atoms with E-state index in [0.29, 0.717) is 5.56 Å². The predicted octanol–water partition coefficient (Wildman–Crippen LogP) is 3.37. The highest BCUT2D eigenvalue weighted by Crippen LogP contribution is 2.28. The molecule has 0 spiro atoms. The van der Waals surface area contributed by atoms with Crippen LogP contribution in [0.1, 0.15) is 15.9 Å². The summed E-state index contributed by atoms with van der Waals surface area (Å²) in [6.07, 6.45) is 0. The van der Waals surface area contributed by atoms with E-state index >= 15 is 0 Å². The highest BCUT2D eigenvalue weighted by Gasteiger charge is 2.11. The van der Waals surface area contributed by atoms with Crippen LogP contribution in [-0.4, -0.2) is 18.2 Å². The molecule has 0 bridgehead atoms. The molecule has 1 N–H and O–H groups in total. The topological polar surface area (TPSA) is 46.5 Å². The Kier molecular flexibility index (Phi) is 3.33. The molecule has 0 fully saturated rings. The third-order valence-corrected chi connectivity index (χ3v) is 2.94. The zero-order valence-electron chi connectivity index (χ0n) is 10.3. The molecular formula is C15H14O3. The van der Waals surface area contributed by atoms with Crippen LogP contribution in [-0.2, 0) is 0 Å². The lowest BCUT2D eigenvalue weighted by molar-refractivity contribution is 0.0696. The molecule has 0 radical (unpaired) electrons. The molecule has 92 valence electrons. The summed E-state index contributed by atoms with van der Waals surface area (Å²) in [4.78, 5) is 11.1. The van der Waals surface area contributed by atoms with Gasteiger partial charge in [-0.2, -0.15) is 0 Å². The van der Waals surface area contributed by atoms with Crippen molar-refractivity contribution in [3.05, 3.63) is 53.6 Å². The minimum absolute atomic E-state index is 0.329. The van der Waals surface area contributed by atoms with Crippen LogP contribution in [0.5, 0.6) is 5.75 Å². The molecule has 2 rings (SSSR count). The van der Waals surface area contributed by atoms with Crippen molar-refractivity contribution in [2.75, 3.05) is 7.11 Å². The summed E-state index contributed by atoms with van der Waals surface area (Å²) < 4.78 is 5.18. The van der Waals surface area contributed by atoms with E-state index in [1.54, 1.807) is 19.2 Å². The van der Waals surface area contributed by atoms with Gasteiger partial charge in [-0.15, -0.1) is 0 Å². The average molecular weight is 242 g/mol. The van der Waals surface area contributed by atoms with Crippen LogP contribution in [0, 0.1) is 6.92 Å². The molecule has 0 atom stereocenters. The third-order valence-electron chi connectivity index (χ3n) is 2.94. The fraction of sp³-hybridized carbons (Fsp3) is 0.133. The second kappa shape index (κ2) is 4.92. The number of hydrogen-bond donors (Lipinski definition) is 1. The monoisotopic (exact) mass is 242 g/mol. The van der Waals surface area contributed by atoms with Crippen molar-refractivity contribution in [2.24, 2.45) is 0 Å². The van der Waals surface area contributed by atoms with Gasteiger partial charge in [-0.05, 0) is 41.8 Å². The van der Waals surface area contributed by atoms with Gasteiger partial charge in [0.1, 0.15) is 5.75 Å². The van der Waals surface area contributed by atoms with Gasteiger partial charge in [0, 0.05) is 0 Å². The molecule has 0 aliphatic carbocycles. The molecule has 2 aromatic carbocycles. The van der Waals surface area contributed by atoms with Gasteiger partial charge >= 0.3 is 5.97 Å². The lowest BCUT2D eigenvalue weighted by Gasteiger charge is -2.10. The predicted molar refractivity (Wildman–Crippen MR) is 70.1 cm³/mol. The first-order chi connectivity index (χ1) is 8.63. The van der Waals surface area contributed by atoms with Crippen molar-refractivity contribution in [3.8, 4) is 16.9 Å². The first-order valence-electron chi connectivity index (χ1n) is 5.61. The molecule has 0 heterocycles. The SMILES string of the molecule is COc1cccc(-c2cccc(C(=O)O)c2C)c1. The third kappa shape index (κ3) is 2.20. The van der Waals surface area contributed by atoms with E-state index in [4.69, 9.17) is 9.84 Å². The number of benzene rings is 2. The summed E-state index contributed by atoms with van der Waals surface area (Å²) >= 11 is 0. The van der Waals surface area contributed by atoms with Crippen LogP contribution in [0.25, 0.3) is 11.1 Å². The Bertz CT molecular complexity index is 588. The fourth-order valence-corrected chi connectivity index (χ4v) is 1.97. The number of aromatic carboxylic acids is 1. The summed E-state index contributed by atoms with van der Waals surface area (Å²) in [5.41, 5.74) is 2.96. The van der Waals surface area contributed by atoms with E-state index in [-0.39, 0.29) is 0 Å². The maximum atomic E-state index is 11.1. The highest BCUT2D eigenvalue weighted by molar-refractivity contribution is 5.92. The van der Waals surface area contributed by atoms with E-state index < -0.39 is 5.97 Å². The summed E-state index contributed by atoms with van der Waals surface area (Å²) in [5, 5.41) is 9.11. The van der Waals surface area contributed by atoms with Crippen LogP contribution in [0.4, 0.5) is 0 Å². The van der Waals surface area contributed by atoms with Crippen LogP contribution < -0.4 is 4.74 Å². The van der Waals surface area contributed by atoms with Crippen molar-refractivity contribution >= 4 is 5.97 Å². The van der Waals surface area contributed by atoms with Gasteiger partial charge in [0.25, 0.3) is 0 Å². The normalized spacial score (nSPS) is 10.1. The van der Waals surface area contributed by atoms with Gasteiger partial charge in [0.15, 0.2) is 0 Å². The summed E-state index contributed by atoms with van der Waals surface area (Å²) in [5.74, 6) is -0.148. The lowest BCUT2D eigenvalue weighted by Crippen LogP contribution is -2.00. The Morgan fingerprint density at radius 2 is 1.89 bits per heavy atom. The van der Waals surface area contributed by atoms with Crippen molar-refractivity contribution in [3.63, 3.8) is 0 Å². The van der Waals surface area contributed by atoms with Gasteiger partial charge in [-0.25, -0.2) is 4.79 Å². The Morgan fingerprint density at radius 1 is 1.17 bits per heavy atom. The first-order valence-corrected chi connectivity index (χ1v) is 5.61. The van der Waals surface area contributed by atoms with Gasteiger partial charge in [0.2, 0.25) is 0 Å². The van der Waals surface area contributed by atoms with Crippen LogP contribution in [0.2, 0.25) is 0 Å². The first kappa shape index (κ1) is 12.2. The molecule has 0 aliphatic heterocycles. The smallest absolute Gasteiger partial charge is 0.335 e. The largest absolute Gasteiger partial charge is 0.497 e. The Hall–Kier alpha value is -2.29. The van der Waals surface area contributed by atoms with Crippen LogP contribution in [0.3, 0.4) is 0 Å². The zero-order valence-corrected chi connectivity index (χ0v) is 10.3. The van der Waals surface area contributed by atoms with E-state index in [1.807, 2.05) is 37.3 Å². The van der Waals surface area contributed by atoms with E-state index in [0.717, 1.165) is 22.4 Å². The second-order valence-corrected chi connectivity index (χ2v) is 4.02. The average Bonchev–Trinajstić information content (AvgIpc) is 2.38. The summed E-state index contributed by atoms with van der Waals surface area (Å²) in [6.45, 7) is 1.82. The lowest BCUT2D eigenvalue weighted by atomic mass is 9.96. The molecule has 18 heavy (non-hydrogen) atoms. The second-order valence-electron chi connectivity index (χ2n) is 4.02. The molecule has 0 aromatic heterocycles. The molecule has 0 amide bonds. The van der Waals surface area contributed by atoms with Crippen molar-refractivity contribution in [2.45, 2.75) is 6.92 Å². The van der Waals surface area contributed by atoms with Crippen molar-refractivity contribution < 1.29 is 14.6 Å².